The molecule has 0 radical (unpaired) electrons. The number of guanidine groups is 1. The molecular formula is C18H34F3N5O2S. The van der Waals surface area contributed by atoms with Gasteiger partial charge in [-0.25, -0.2) is 8.42 Å². The van der Waals surface area contributed by atoms with Gasteiger partial charge in [-0.3, -0.25) is 9.89 Å². The van der Waals surface area contributed by atoms with E-state index >= 15 is 0 Å². The zero-order valence-electron chi connectivity index (χ0n) is 17.5. The van der Waals surface area contributed by atoms with E-state index in [9.17, 15) is 21.6 Å². The molecule has 2 heterocycles. The summed E-state index contributed by atoms with van der Waals surface area (Å²) in [6.45, 7) is 7.78. The third-order valence-corrected chi connectivity index (χ3v) is 7.48. The molecule has 0 aromatic carbocycles. The summed E-state index contributed by atoms with van der Waals surface area (Å²) in [6, 6.07) is 0.423. The Morgan fingerprint density at radius 3 is 2.17 bits per heavy atom. The molecule has 0 saturated carbocycles. The van der Waals surface area contributed by atoms with Gasteiger partial charge in [0.15, 0.2) is 5.96 Å². The molecule has 1 unspecified atom stereocenters. The molecule has 11 heteroatoms. The van der Waals surface area contributed by atoms with Gasteiger partial charge >= 0.3 is 15.5 Å². The first-order valence-electron chi connectivity index (χ1n) is 10.3. The maximum absolute atomic E-state index is 12.7. The fraction of sp³-hybridized carbons (Fsp3) is 0.944. The van der Waals surface area contributed by atoms with E-state index in [1.54, 1.807) is 7.05 Å². The Bertz CT molecular complexity index is 640. The number of halogens is 3. The first-order chi connectivity index (χ1) is 13.6. The van der Waals surface area contributed by atoms with Crippen molar-refractivity contribution in [2.24, 2.45) is 16.8 Å². The molecule has 0 aromatic rings. The van der Waals surface area contributed by atoms with E-state index in [-0.39, 0.29) is 19.0 Å². The maximum Gasteiger partial charge on any atom is 0.511 e. The molecule has 29 heavy (non-hydrogen) atoms. The monoisotopic (exact) mass is 441 g/mol. The van der Waals surface area contributed by atoms with Crippen LogP contribution in [0.4, 0.5) is 13.2 Å². The highest BCUT2D eigenvalue weighted by Crippen LogP contribution is 2.30. The van der Waals surface area contributed by atoms with Gasteiger partial charge in [0.05, 0.1) is 0 Å². The first-order valence-corrected chi connectivity index (χ1v) is 11.7. The van der Waals surface area contributed by atoms with Crippen LogP contribution >= 0.6 is 0 Å². The van der Waals surface area contributed by atoms with Crippen LogP contribution in [0.1, 0.15) is 39.5 Å². The summed E-state index contributed by atoms with van der Waals surface area (Å²) >= 11 is 0. The predicted molar refractivity (Wildman–Crippen MR) is 108 cm³/mol. The Morgan fingerprint density at radius 2 is 1.69 bits per heavy atom. The van der Waals surface area contributed by atoms with E-state index in [0.29, 0.717) is 41.6 Å². The van der Waals surface area contributed by atoms with Crippen LogP contribution in [0.3, 0.4) is 0 Å². The minimum Gasteiger partial charge on any atom is -0.356 e. The average molecular weight is 442 g/mol. The van der Waals surface area contributed by atoms with Crippen LogP contribution in [-0.4, -0.2) is 81.4 Å². The number of sulfonamides is 1. The highest BCUT2D eigenvalue weighted by molar-refractivity contribution is 7.90. The van der Waals surface area contributed by atoms with E-state index in [0.717, 1.165) is 19.6 Å². The van der Waals surface area contributed by atoms with Gasteiger partial charge in [-0.1, -0.05) is 13.8 Å². The highest BCUT2D eigenvalue weighted by atomic mass is 32.2. The van der Waals surface area contributed by atoms with Gasteiger partial charge in [-0.05, 0) is 50.6 Å². The Balaban J connectivity index is 1.77. The Kier molecular flexibility index (Phi) is 8.59. The lowest BCUT2D eigenvalue weighted by Gasteiger charge is -2.33. The second kappa shape index (κ2) is 10.3. The molecule has 2 fully saturated rings. The van der Waals surface area contributed by atoms with Crippen molar-refractivity contribution in [3.63, 3.8) is 0 Å². The summed E-state index contributed by atoms with van der Waals surface area (Å²) in [7, 11) is -3.53. The first kappa shape index (κ1) is 24.2. The molecule has 0 aliphatic carbocycles. The standard InChI is InChI=1S/C18H34F3N5O2S/c1-14(2)16(25-8-4-5-9-25)13-24-17(22-3)23-12-15-6-10-26(11-7-15)29(27,28)18(19,20)21/h14-16H,4-13H2,1-3H3,(H2,22,23,24). The van der Waals surface area contributed by atoms with Crippen molar-refractivity contribution in [2.75, 3.05) is 46.3 Å². The molecule has 7 nitrogen and oxygen atoms in total. The fourth-order valence-corrected chi connectivity index (χ4v) is 5.01. The maximum atomic E-state index is 12.7. The number of aliphatic imine (C=N–C) groups is 1. The van der Waals surface area contributed by atoms with E-state index in [1.807, 2.05) is 0 Å². The lowest BCUT2D eigenvalue weighted by Crippen LogP contribution is -2.50. The smallest absolute Gasteiger partial charge is 0.356 e. The van der Waals surface area contributed by atoms with Gasteiger partial charge < -0.3 is 10.6 Å². The molecule has 2 rings (SSSR count). The molecule has 2 aliphatic rings. The molecule has 2 aliphatic heterocycles. The van der Waals surface area contributed by atoms with Crippen molar-refractivity contribution in [1.29, 1.82) is 0 Å². The summed E-state index contributed by atoms with van der Waals surface area (Å²) in [5.74, 6) is 1.28. The van der Waals surface area contributed by atoms with Crippen molar-refractivity contribution in [3.05, 3.63) is 0 Å². The van der Waals surface area contributed by atoms with Gasteiger partial charge in [0.2, 0.25) is 0 Å². The number of piperidine rings is 1. The molecule has 0 amide bonds. The zero-order chi connectivity index (χ0) is 21.7. The number of alkyl halides is 3. The topological polar surface area (TPSA) is 77.0 Å². The third kappa shape index (κ3) is 6.45. The van der Waals surface area contributed by atoms with Gasteiger partial charge in [-0.2, -0.15) is 17.5 Å². The number of nitrogens with zero attached hydrogens (tertiary/aromatic N) is 3. The summed E-state index contributed by atoms with van der Waals surface area (Å²) in [6.07, 6.45) is 3.25. The number of hydrogen-bond acceptors (Lipinski definition) is 4. The molecule has 1 atom stereocenters. The van der Waals surface area contributed by atoms with Crippen LogP contribution in [-0.2, 0) is 10.0 Å². The Labute approximate surface area is 172 Å². The Hall–Kier alpha value is -1.07. The van der Waals surface area contributed by atoms with Crippen molar-refractivity contribution >= 4 is 16.0 Å². The van der Waals surface area contributed by atoms with Crippen molar-refractivity contribution in [3.8, 4) is 0 Å². The van der Waals surface area contributed by atoms with E-state index in [2.05, 4.69) is 34.4 Å². The predicted octanol–water partition coefficient (Wildman–Crippen LogP) is 1.83. The molecule has 170 valence electrons. The van der Waals surface area contributed by atoms with Crippen molar-refractivity contribution in [2.45, 2.75) is 51.1 Å². The lowest BCUT2D eigenvalue weighted by molar-refractivity contribution is -0.0496. The minimum atomic E-state index is -5.23. The molecular weight excluding hydrogens is 407 g/mol. The van der Waals surface area contributed by atoms with Gasteiger partial charge in [0.25, 0.3) is 0 Å². The van der Waals surface area contributed by atoms with Crippen molar-refractivity contribution < 1.29 is 21.6 Å². The highest BCUT2D eigenvalue weighted by Gasteiger charge is 2.50. The van der Waals surface area contributed by atoms with Crippen LogP contribution in [0.5, 0.6) is 0 Å². The van der Waals surface area contributed by atoms with E-state index in [1.165, 1.54) is 12.8 Å². The second-order valence-corrected chi connectivity index (χ2v) is 10.1. The van der Waals surface area contributed by atoms with Gasteiger partial charge in [0.1, 0.15) is 0 Å². The van der Waals surface area contributed by atoms with Gasteiger partial charge in [-0.15, -0.1) is 0 Å². The molecule has 0 aromatic heterocycles. The number of hydrogen-bond donors (Lipinski definition) is 2. The SMILES string of the molecule is CN=C(NCC1CCN(S(=O)(=O)C(F)(F)F)CC1)NCC(C(C)C)N1CCCC1. The second-order valence-electron chi connectivity index (χ2n) is 8.18. The summed E-state index contributed by atoms with van der Waals surface area (Å²) in [5.41, 5.74) is -5.23. The van der Waals surface area contributed by atoms with Crippen LogP contribution in [0.15, 0.2) is 4.99 Å². The van der Waals surface area contributed by atoms with Crippen LogP contribution in [0, 0.1) is 11.8 Å². The number of likely N-dealkylation sites (tertiary alicyclic amines) is 1. The Morgan fingerprint density at radius 1 is 1.10 bits per heavy atom. The minimum absolute atomic E-state index is 0.104. The van der Waals surface area contributed by atoms with E-state index < -0.39 is 15.5 Å². The van der Waals surface area contributed by atoms with Crippen LogP contribution < -0.4 is 10.6 Å². The quantitative estimate of drug-likeness (QED) is 0.466. The van der Waals surface area contributed by atoms with E-state index in [4.69, 9.17) is 0 Å². The molecule has 0 bridgehead atoms. The van der Waals surface area contributed by atoms with Gasteiger partial charge in [0, 0.05) is 39.3 Å². The number of nitrogens with one attached hydrogen (secondary N) is 2. The van der Waals surface area contributed by atoms with Crippen LogP contribution in [0.25, 0.3) is 0 Å². The molecule has 0 spiro atoms. The molecule has 2 N–H and O–H groups in total. The van der Waals surface area contributed by atoms with Crippen molar-refractivity contribution in [1.82, 2.24) is 19.8 Å². The largest absolute Gasteiger partial charge is 0.511 e. The molecule has 2 saturated heterocycles. The summed E-state index contributed by atoms with van der Waals surface area (Å²) < 4.78 is 61.5. The summed E-state index contributed by atoms with van der Waals surface area (Å²) in [4.78, 5) is 6.74. The fourth-order valence-electron chi connectivity index (χ4n) is 4.02. The van der Waals surface area contributed by atoms with Crippen LogP contribution in [0.2, 0.25) is 0 Å². The zero-order valence-corrected chi connectivity index (χ0v) is 18.3. The number of rotatable bonds is 7. The third-order valence-electron chi connectivity index (χ3n) is 5.85. The lowest BCUT2D eigenvalue weighted by atomic mass is 9.98. The summed E-state index contributed by atoms with van der Waals surface area (Å²) in [5, 5.41) is 6.60. The normalized spacial score (nSPS) is 22.2. The average Bonchev–Trinajstić information content (AvgIpc) is 3.18.